The zero-order valence-corrected chi connectivity index (χ0v) is 22.8. The van der Waals surface area contributed by atoms with Crippen molar-refractivity contribution < 1.29 is 53.4 Å². The maximum Gasteiger partial charge on any atom is 0.435 e. The topological polar surface area (TPSA) is 74.7 Å². The van der Waals surface area contributed by atoms with Crippen molar-refractivity contribution in [3.05, 3.63) is 100 Å². The predicted octanol–water partition coefficient (Wildman–Crippen LogP) is 6.14. The lowest BCUT2D eigenvalue weighted by atomic mass is 9.76. The highest BCUT2D eigenvalue weighted by atomic mass is 32.2. The van der Waals surface area contributed by atoms with Gasteiger partial charge in [0, 0.05) is 17.7 Å². The number of carbonyl (C=O) groups excluding carboxylic acids is 1. The molecule has 1 heterocycles. The van der Waals surface area contributed by atoms with Crippen LogP contribution in [0, 0.1) is 5.82 Å². The molecular formula is C29H23F8NO4S. The molecular weight excluding hydrogens is 610 g/mol. The molecule has 0 radical (unpaired) electrons. The number of hydrogen-bond acceptors (Lipinski definition) is 4. The third-order valence-electron chi connectivity index (χ3n) is 8.31. The minimum atomic E-state index is -6.36. The van der Waals surface area contributed by atoms with E-state index in [-0.39, 0.29) is 60.1 Å². The van der Waals surface area contributed by atoms with Crippen LogP contribution in [-0.4, -0.2) is 49.3 Å². The van der Waals surface area contributed by atoms with Crippen LogP contribution < -0.4 is 0 Å². The maximum absolute atomic E-state index is 14.9. The summed E-state index contributed by atoms with van der Waals surface area (Å²) in [6.45, 7) is -0.438. The molecule has 1 saturated heterocycles. The van der Waals surface area contributed by atoms with Gasteiger partial charge in [-0.25, -0.2) is 17.2 Å². The van der Waals surface area contributed by atoms with E-state index in [1.807, 2.05) is 0 Å². The van der Waals surface area contributed by atoms with Gasteiger partial charge in [0.25, 0.3) is 5.91 Å². The molecule has 3 aromatic carbocycles. The molecule has 0 spiro atoms. The first kappa shape index (κ1) is 30.9. The van der Waals surface area contributed by atoms with Gasteiger partial charge < -0.3 is 10.0 Å². The van der Waals surface area contributed by atoms with E-state index < -0.39 is 55.9 Å². The molecule has 5 rings (SSSR count). The molecule has 14 heteroatoms. The summed E-state index contributed by atoms with van der Waals surface area (Å²) in [5, 5.41) is 9.30. The molecule has 0 unspecified atom stereocenters. The Morgan fingerprint density at radius 1 is 0.907 bits per heavy atom. The lowest BCUT2D eigenvalue weighted by Gasteiger charge is -2.43. The molecule has 230 valence electrons. The van der Waals surface area contributed by atoms with Crippen LogP contribution in [0.2, 0.25) is 0 Å². The standard InChI is InChI=1S/C29H23F8NO4S/c30-21-7-9-22(10-8-21)43(41,42)26-13-14-38(25(40)18-3-1-17(16-39)2-4-18)24(26)12-5-19-15-20(6-11-23(19)26)27(31,28(32,33)34)29(35,36)37/h1-4,6-11,15,24,39H,5,12-14,16H2/t24-,26-/m1/s1. The van der Waals surface area contributed by atoms with Crippen molar-refractivity contribution in [2.45, 2.75) is 59.6 Å². The van der Waals surface area contributed by atoms with Crippen LogP contribution in [0.4, 0.5) is 35.1 Å². The van der Waals surface area contributed by atoms with Crippen LogP contribution in [0.15, 0.2) is 71.6 Å². The fraction of sp³-hybridized carbons (Fsp3) is 0.345. The number of likely N-dealkylation sites (tertiary alicyclic amines) is 1. The minimum Gasteiger partial charge on any atom is -0.392 e. The molecule has 2 atom stereocenters. The fourth-order valence-corrected chi connectivity index (χ4v) is 8.58. The summed E-state index contributed by atoms with van der Waals surface area (Å²) in [6, 6.07) is 9.90. The Balaban J connectivity index is 1.69. The molecule has 0 bridgehead atoms. The maximum atomic E-state index is 14.9. The molecule has 1 aliphatic carbocycles. The second-order valence-corrected chi connectivity index (χ2v) is 12.7. The van der Waals surface area contributed by atoms with Gasteiger partial charge >= 0.3 is 18.0 Å². The van der Waals surface area contributed by atoms with Gasteiger partial charge in [0.2, 0.25) is 0 Å². The number of amides is 1. The summed E-state index contributed by atoms with van der Waals surface area (Å²) in [7, 11) is -4.59. The number of aryl methyl sites for hydroxylation is 1. The van der Waals surface area contributed by atoms with Crippen LogP contribution in [-0.2, 0) is 33.3 Å². The van der Waals surface area contributed by atoms with Crippen molar-refractivity contribution in [2.24, 2.45) is 0 Å². The van der Waals surface area contributed by atoms with Crippen LogP contribution >= 0.6 is 0 Å². The van der Waals surface area contributed by atoms with Crippen LogP contribution in [0.25, 0.3) is 0 Å². The zero-order chi connectivity index (χ0) is 31.6. The number of halogens is 8. The number of alkyl halides is 7. The van der Waals surface area contributed by atoms with E-state index in [1.165, 1.54) is 29.2 Å². The first-order chi connectivity index (χ1) is 20.0. The SMILES string of the molecule is O=C(c1ccc(CO)cc1)N1CC[C@@]2(S(=O)(=O)c3ccc(F)cc3)c3ccc(C(F)(C(F)(F)F)C(F)(F)F)cc3CC[C@@H]12. The number of sulfone groups is 1. The first-order valence-corrected chi connectivity index (χ1v) is 14.4. The Bertz CT molecular complexity index is 1640. The number of carbonyl (C=O) groups is 1. The highest BCUT2D eigenvalue weighted by molar-refractivity contribution is 7.92. The number of hydrogen-bond donors (Lipinski definition) is 1. The highest BCUT2D eigenvalue weighted by Crippen LogP contribution is 2.56. The molecule has 5 nitrogen and oxygen atoms in total. The van der Waals surface area contributed by atoms with Crippen LogP contribution in [0.3, 0.4) is 0 Å². The minimum absolute atomic E-state index is 0.148. The molecule has 43 heavy (non-hydrogen) atoms. The summed E-state index contributed by atoms with van der Waals surface area (Å²) in [5.74, 6) is -1.34. The van der Waals surface area contributed by atoms with Gasteiger partial charge in [-0.1, -0.05) is 30.3 Å². The van der Waals surface area contributed by atoms with Crippen molar-refractivity contribution in [2.75, 3.05) is 6.54 Å². The van der Waals surface area contributed by atoms with Gasteiger partial charge in [-0.15, -0.1) is 0 Å². The Labute approximate surface area is 240 Å². The average Bonchev–Trinajstić information content (AvgIpc) is 3.37. The highest BCUT2D eigenvalue weighted by Gasteiger charge is 2.73. The number of nitrogens with zero attached hydrogens (tertiary/aromatic N) is 1. The van der Waals surface area contributed by atoms with Gasteiger partial charge in [-0.2, -0.15) is 26.3 Å². The summed E-state index contributed by atoms with van der Waals surface area (Å²) < 4.78 is 136. The fourth-order valence-electron chi connectivity index (χ4n) is 6.22. The van der Waals surface area contributed by atoms with Crippen molar-refractivity contribution in [3.8, 4) is 0 Å². The second-order valence-electron chi connectivity index (χ2n) is 10.5. The molecule has 1 amide bonds. The van der Waals surface area contributed by atoms with E-state index in [0.717, 1.165) is 30.3 Å². The van der Waals surface area contributed by atoms with Crippen molar-refractivity contribution in [1.82, 2.24) is 4.90 Å². The Morgan fingerprint density at radius 2 is 1.51 bits per heavy atom. The Morgan fingerprint density at radius 3 is 2.07 bits per heavy atom. The Hall–Kier alpha value is -3.52. The zero-order valence-electron chi connectivity index (χ0n) is 22.0. The predicted molar refractivity (Wildman–Crippen MR) is 137 cm³/mol. The summed E-state index contributed by atoms with van der Waals surface area (Å²) >= 11 is 0. The third-order valence-corrected chi connectivity index (χ3v) is 10.9. The number of benzene rings is 3. The first-order valence-electron chi connectivity index (χ1n) is 13.0. The molecule has 1 N–H and O–H groups in total. The van der Waals surface area contributed by atoms with Crippen LogP contribution in [0.5, 0.6) is 0 Å². The van der Waals surface area contributed by atoms with Crippen LogP contribution in [0.1, 0.15) is 45.5 Å². The van der Waals surface area contributed by atoms with E-state index in [4.69, 9.17) is 0 Å². The molecule has 0 aromatic heterocycles. The largest absolute Gasteiger partial charge is 0.435 e. The van der Waals surface area contributed by atoms with Crippen molar-refractivity contribution >= 4 is 15.7 Å². The lowest BCUT2D eigenvalue weighted by molar-refractivity contribution is -0.348. The quantitative estimate of drug-likeness (QED) is 0.271. The van der Waals surface area contributed by atoms with Gasteiger partial charge in [0.1, 0.15) is 10.6 Å². The van der Waals surface area contributed by atoms with Crippen molar-refractivity contribution in [3.63, 3.8) is 0 Å². The lowest BCUT2D eigenvalue weighted by Crippen LogP contribution is -2.53. The summed E-state index contributed by atoms with van der Waals surface area (Å²) in [5.41, 5.74) is -7.19. The molecule has 2 aliphatic rings. The Kier molecular flexibility index (Phi) is 7.40. The van der Waals surface area contributed by atoms with Crippen molar-refractivity contribution in [1.29, 1.82) is 0 Å². The van der Waals surface area contributed by atoms with Gasteiger partial charge in [0.05, 0.1) is 17.5 Å². The average molecular weight is 634 g/mol. The number of fused-ring (bicyclic) bond motifs is 3. The summed E-state index contributed by atoms with van der Waals surface area (Å²) in [4.78, 5) is 14.5. The molecule has 0 saturated carbocycles. The monoisotopic (exact) mass is 633 g/mol. The summed E-state index contributed by atoms with van der Waals surface area (Å²) in [6.07, 6.45) is -13.5. The number of aliphatic hydroxyl groups is 1. The second kappa shape index (κ2) is 10.3. The third kappa shape index (κ3) is 4.60. The van der Waals surface area contributed by atoms with E-state index in [9.17, 15) is 53.4 Å². The van der Waals surface area contributed by atoms with Gasteiger partial charge in [0.15, 0.2) is 9.84 Å². The van der Waals surface area contributed by atoms with E-state index in [2.05, 4.69) is 0 Å². The van der Waals surface area contributed by atoms with E-state index in [1.54, 1.807) is 0 Å². The molecule has 1 aliphatic heterocycles. The van der Waals surface area contributed by atoms with Gasteiger partial charge in [-0.3, -0.25) is 4.79 Å². The molecule has 1 fully saturated rings. The smallest absolute Gasteiger partial charge is 0.392 e. The molecule has 3 aromatic rings. The van der Waals surface area contributed by atoms with E-state index >= 15 is 0 Å². The number of aliphatic hydroxyl groups excluding tert-OH is 1. The normalized spacial score (nSPS) is 21.0. The van der Waals surface area contributed by atoms with E-state index in [0.29, 0.717) is 11.6 Å². The van der Waals surface area contributed by atoms with Gasteiger partial charge in [-0.05, 0) is 72.4 Å². The number of rotatable bonds is 5.